The van der Waals surface area contributed by atoms with E-state index in [2.05, 4.69) is 12.1 Å². The largest absolute Gasteiger partial charge is 0.453 e. The molecule has 2 aliphatic rings. The monoisotopic (exact) mass is 260 g/mol. The van der Waals surface area contributed by atoms with Gasteiger partial charge in [-0.3, -0.25) is 0 Å². The highest BCUT2D eigenvalue weighted by Gasteiger charge is 2.43. The highest BCUT2D eigenvalue weighted by molar-refractivity contribution is 5.57. The Hall–Kier alpha value is -2.98. The Kier molecular flexibility index (Phi) is 2.05. The van der Waals surface area contributed by atoms with Crippen molar-refractivity contribution in [2.24, 2.45) is 0 Å². The Balaban J connectivity index is 1.84. The smallest absolute Gasteiger partial charge is 0.252 e. The SMILES string of the molecule is N#Cc1ccc2c(c1)OC1Oc3cc(C#N)ccc3C21. The van der Waals surface area contributed by atoms with Crippen LogP contribution in [0.1, 0.15) is 28.2 Å². The molecule has 2 aliphatic heterocycles. The van der Waals surface area contributed by atoms with Gasteiger partial charge in [-0.2, -0.15) is 10.5 Å². The molecule has 4 heteroatoms. The lowest BCUT2D eigenvalue weighted by molar-refractivity contribution is 0.0329. The van der Waals surface area contributed by atoms with E-state index in [1.807, 2.05) is 12.1 Å². The summed E-state index contributed by atoms with van der Waals surface area (Å²) in [6.45, 7) is 0. The molecule has 0 radical (unpaired) electrons. The van der Waals surface area contributed by atoms with Gasteiger partial charge in [0.25, 0.3) is 6.29 Å². The molecule has 0 saturated carbocycles. The molecule has 0 fully saturated rings. The summed E-state index contributed by atoms with van der Waals surface area (Å²) in [5.41, 5.74) is 3.20. The van der Waals surface area contributed by atoms with E-state index in [1.54, 1.807) is 24.3 Å². The van der Waals surface area contributed by atoms with Crippen molar-refractivity contribution in [2.75, 3.05) is 0 Å². The van der Waals surface area contributed by atoms with E-state index in [-0.39, 0.29) is 5.92 Å². The van der Waals surface area contributed by atoms with E-state index >= 15 is 0 Å². The van der Waals surface area contributed by atoms with Crippen molar-refractivity contribution in [3.63, 3.8) is 0 Å². The number of ether oxygens (including phenoxy) is 2. The van der Waals surface area contributed by atoms with Crippen LogP contribution < -0.4 is 9.47 Å². The van der Waals surface area contributed by atoms with Gasteiger partial charge in [0, 0.05) is 11.1 Å². The normalized spacial score (nSPS) is 20.7. The molecule has 0 saturated heterocycles. The second-order valence-electron chi connectivity index (χ2n) is 4.81. The predicted octanol–water partition coefficient (Wildman–Crippen LogP) is 2.67. The Labute approximate surface area is 115 Å². The number of hydrogen-bond donors (Lipinski definition) is 0. The number of benzene rings is 2. The quantitative estimate of drug-likeness (QED) is 0.730. The minimum Gasteiger partial charge on any atom is -0.453 e. The van der Waals surface area contributed by atoms with Gasteiger partial charge in [-0.1, -0.05) is 12.1 Å². The van der Waals surface area contributed by atoms with Gasteiger partial charge in [0.2, 0.25) is 0 Å². The highest BCUT2D eigenvalue weighted by atomic mass is 16.7. The van der Waals surface area contributed by atoms with Crippen LogP contribution in [0.4, 0.5) is 0 Å². The number of nitrogens with zero attached hydrogens (tertiary/aromatic N) is 2. The average molecular weight is 260 g/mol. The Morgan fingerprint density at radius 2 is 1.30 bits per heavy atom. The summed E-state index contributed by atoms with van der Waals surface area (Å²) in [6.07, 6.45) is -0.400. The van der Waals surface area contributed by atoms with Crippen LogP contribution in [0.25, 0.3) is 0 Å². The van der Waals surface area contributed by atoms with Crippen LogP contribution in [0.5, 0.6) is 11.5 Å². The first kappa shape index (κ1) is 10.9. The summed E-state index contributed by atoms with van der Waals surface area (Å²) in [4.78, 5) is 0. The molecule has 0 spiro atoms. The summed E-state index contributed by atoms with van der Waals surface area (Å²) >= 11 is 0. The van der Waals surface area contributed by atoms with Crippen molar-refractivity contribution in [2.45, 2.75) is 12.2 Å². The second-order valence-corrected chi connectivity index (χ2v) is 4.81. The molecule has 2 heterocycles. The van der Waals surface area contributed by atoms with Crippen molar-refractivity contribution in [3.8, 4) is 23.6 Å². The second kappa shape index (κ2) is 3.76. The summed E-state index contributed by atoms with van der Waals surface area (Å²) in [6, 6.07) is 15.1. The predicted molar refractivity (Wildman–Crippen MR) is 69.2 cm³/mol. The number of hydrogen-bond acceptors (Lipinski definition) is 4. The van der Waals surface area contributed by atoms with E-state index in [1.165, 1.54) is 0 Å². The number of nitriles is 2. The topological polar surface area (TPSA) is 66.0 Å². The van der Waals surface area contributed by atoms with Crippen molar-refractivity contribution in [1.82, 2.24) is 0 Å². The maximum atomic E-state index is 8.92. The van der Waals surface area contributed by atoms with Crippen molar-refractivity contribution in [1.29, 1.82) is 10.5 Å². The molecular weight excluding hydrogens is 252 g/mol. The van der Waals surface area contributed by atoms with E-state index in [0.717, 1.165) is 11.1 Å². The first-order valence-electron chi connectivity index (χ1n) is 6.21. The van der Waals surface area contributed by atoms with Crippen LogP contribution in [-0.4, -0.2) is 6.29 Å². The third-order valence-electron chi connectivity index (χ3n) is 3.71. The van der Waals surface area contributed by atoms with Gasteiger partial charge in [-0.15, -0.1) is 0 Å². The fraction of sp³-hybridized carbons (Fsp3) is 0.125. The van der Waals surface area contributed by atoms with Gasteiger partial charge in [0.05, 0.1) is 29.2 Å². The summed E-state index contributed by atoms with van der Waals surface area (Å²) < 4.78 is 11.5. The van der Waals surface area contributed by atoms with Gasteiger partial charge >= 0.3 is 0 Å². The fourth-order valence-electron chi connectivity index (χ4n) is 2.80. The Bertz CT molecular complexity index is 747. The summed E-state index contributed by atoms with van der Waals surface area (Å²) in [5.74, 6) is 1.42. The molecule has 4 nitrogen and oxygen atoms in total. The van der Waals surface area contributed by atoms with Gasteiger partial charge in [0.1, 0.15) is 11.5 Å². The van der Waals surface area contributed by atoms with Crippen LogP contribution in [0.15, 0.2) is 36.4 Å². The lowest BCUT2D eigenvalue weighted by Crippen LogP contribution is -2.19. The molecular formula is C16H8N2O2. The zero-order valence-electron chi connectivity index (χ0n) is 10.3. The molecule has 0 bridgehead atoms. The van der Waals surface area contributed by atoms with Crippen LogP contribution in [0.2, 0.25) is 0 Å². The van der Waals surface area contributed by atoms with Crippen LogP contribution in [-0.2, 0) is 0 Å². The highest BCUT2D eigenvalue weighted by Crippen LogP contribution is 2.50. The van der Waals surface area contributed by atoms with Crippen LogP contribution in [0.3, 0.4) is 0 Å². The van der Waals surface area contributed by atoms with E-state index in [9.17, 15) is 0 Å². The molecule has 0 N–H and O–H groups in total. The molecule has 0 aliphatic carbocycles. The molecule has 0 aromatic heterocycles. The van der Waals surface area contributed by atoms with Crippen LogP contribution in [0, 0.1) is 22.7 Å². The molecule has 0 atom stereocenters. The lowest BCUT2D eigenvalue weighted by atomic mass is 9.92. The zero-order chi connectivity index (χ0) is 13.7. The lowest BCUT2D eigenvalue weighted by Gasteiger charge is -2.08. The standard InChI is InChI=1S/C16H8N2O2/c17-7-9-1-3-11-13(5-9)19-16-15(11)12-4-2-10(8-18)6-14(12)20-16/h1-6,15-16H. The Morgan fingerprint density at radius 1 is 0.800 bits per heavy atom. The van der Waals surface area contributed by atoms with Crippen LogP contribution >= 0.6 is 0 Å². The molecule has 20 heavy (non-hydrogen) atoms. The van der Waals surface area contributed by atoms with Gasteiger partial charge < -0.3 is 9.47 Å². The fourth-order valence-corrected chi connectivity index (χ4v) is 2.80. The van der Waals surface area contributed by atoms with Crippen molar-refractivity contribution < 1.29 is 9.47 Å². The van der Waals surface area contributed by atoms with Gasteiger partial charge in [-0.05, 0) is 24.3 Å². The first-order chi connectivity index (χ1) is 9.80. The minimum atomic E-state index is -0.400. The minimum absolute atomic E-state index is 0.0143. The zero-order valence-corrected chi connectivity index (χ0v) is 10.3. The maximum Gasteiger partial charge on any atom is 0.252 e. The average Bonchev–Trinajstić information content (AvgIpc) is 3.00. The molecule has 2 aromatic rings. The third kappa shape index (κ3) is 1.34. The summed E-state index contributed by atoms with van der Waals surface area (Å²) in [5, 5.41) is 17.8. The number of rotatable bonds is 0. The first-order valence-corrected chi connectivity index (χ1v) is 6.21. The van der Waals surface area contributed by atoms with Crippen molar-refractivity contribution >= 4 is 0 Å². The third-order valence-corrected chi connectivity index (χ3v) is 3.71. The maximum absolute atomic E-state index is 8.92. The molecule has 0 amide bonds. The van der Waals surface area contributed by atoms with Gasteiger partial charge in [-0.25, -0.2) is 0 Å². The van der Waals surface area contributed by atoms with Gasteiger partial charge in [0.15, 0.2) is 0 Å². The van der Waals surface area contributed by atoms with Crippen molar-refractivity contribution in [3.05, 3.63) is 58.7 Å². The molecule has 94 valence electrons. The summed E-state index contributed by atoms with van der Waals surface area (Å²) in [7, 11) is 0. The van der Waals surface area contributed by atoms with E-state index in [0.29, 0.717) is 22.6 Å². The molecule has 2 aromatic carbocycles. The molecule has 4 rings (SSSR count). The van der Waals surface area contributed by atoms with E-state index in [4.69, 9.17) is 20.0 Å². The molecule has 0 unspecified atom stereocenters. The Morgan fingerprint density at radius 3 is 1.75 bits per heavy atom. The number of fused-ring (bicyclic) bond motifs is 5. The van der Waals surface area contributed by atoms with E-state index < -0.39 is 6.29 Å².